The number of ether oxygens (including phenoxy) is 1. The summed E-state index contributed by atoms with van der Waals surface area (Å²) in [6.07, 6.45) is 5.02. The molecule has 0 saturated carbocycles. The van der Waals surface area contributed by atoms with Crippen molar-refractivity contribution in [3.05, 3.63) is 58.6 Å². The molecule has 0 unspecified atom stereocenters. The van der Waals surface area contributed by atoms with Crippen molar-refractivity contribution in [2.45, 2.75) is 4.90 Å². The lowest BCUT2D eigenvalue weighted by atomic mass is 10.2. The molecule has 2 N–H and O–H groups in total. The van der Waals surface area contributed by atoms with Gasteiger partial charge in [0.25, 0.3) is 5.91 Å². The van der Waals surface area contributed by atoms with E-state index in [4.69, 9.17) is 11.2 Å². The third-order valence-corrected chi connectivity index (χ3v) is 5.17. The molecule has 0 aliphatic carbocycles. The lowest BCUT2D eigenvalue weighted by molar-refractivity contribution is -0.119. The first-order chi connectivity index (χ1) is 12.8. The van der Waals surface area contributed by atoms with Crippen molar-refractivity contribution in [1.82, 2.24) is 4.72 Å². The first-order valence-corrected chi connectivity index (χ1v) is 9.85. The number of hydrogen-bond donors (Lipinski definition) is 2. The van der Waals surface area contributed by atoms with Gasteiger partial charge in [-0.25, -0.2) is 13.2 Å². The number of sulfonamides is 1. The number of esters is 1. The van der Waals surface area contributed by atoms with E-state index < -0.39 is 28.5 Å². The van der Waals surface area contributed by atoms with Crippen molar-refractivity contribution in [2.24, 2.45) is 0 Å². The third-order valence-electron chi connectivity index (χ3n) is 3.23. The van der Waals surface area contributed by atoms with E-state index in [9.17, 15) is 18.0 Å². The minimum absolute atomic E-state index is 0.0396. The van der Waals surface area contributed by atoms with Crippen molar-refractivity contribution in [3.8, 4) is 12.3 Å². The van der Waals surface area contributed by atoms with Gasteiger partial charge in [-0.05, 0) is 48.5 Å². The van der Waals surface area contributed by atoms with Gasteiger partial charge in [0.05, 0.1) is 17.0 Å². The van der Waals surface area contributed by atoms with Crippen molar-refractivity contribution >= 4 is 43.5 Å². The zero-order chi connectivity index (χ0) is 19.9. The van der Waals surface area contributed by atoms with Crippen LogP contribution in [0.15, 0.2) is 57.9 Å². The van der Waals surface area contributed by atoms with Crippen LogP contribution in [0.25, 0.3) is 0 Å². The normalized spacial score (nSPS) is 10.7. The monoisotopic (exact) mass is 450 g/mol. The van der Waals surface area contributed by atoms with Crippen LogP contribution in [-0.4, -0.2) is 33.4 Å². The quantitative estimate of drug-likeness (QED) is 0.497. The van der Waals surface area contributed by atoms with E-state index in [-0.39, 0.29) is 17.0 Å². The van der Waals surface area contributed by atoms with Crippen molar-refractivity contribution in [1.29, 1.82) is 0 Å². The Morgan fingerprint density at radius 2 is 1.70 bits per heavy atom. The van der Waals surface area contributed by atoms with E-state index in [0.29, 0.717) is 5.69 Å². The molecule has 2 aromatic rings. The zero-order valence-electron chi connectivity index (χ0n) is 13.9. The fraction of sp³-hybridized carbons (Fsp3) is 0.111. The van der Waals surface area contributed by atoms with Crippen LogP contribution < -0.4 is 10.0 Å². The Hall–Kier alpha value is -2.67. The summed E-state index contributed by atoms with van der Waals surface area (Å²) in [4.78, 5) is 23.8. The Morgan fingerprint density at radius 1 is 1.07 bits per heavy atom. The maximum atomic E-state index is 12.0. The second kappa shape index (κ2) is 9.32. The number of carbonyl (C=O) groups excluding carboxylic acids is 2. The molecule has 0 atom stereocenters. The molecule has 0 fully saturated rings. The van der Waals surface area contributed by atoms with Gasteiger partial charge in [-0.15, -0.1) is 6.42 Å². The van der Waals surface area contributed by atoms with Crippen LogP contribution in [0.2, 0.25) is 0 Å². The maximum Gasteiger partial charge on any atom is 0.338 e. The molecule has 2 aromatic carbocycles. The Labute approximate surface area is 165 Å². The Kier molecular flexibility index (Phi) is 7.12. The average Bonchev–Trinajstić information content (AvgIpc) is 2.66. The number of amides is 1. The van der Waals surface area contributed by atoms with Gasteiger partial charge in [-0.2, -0.15) is 4.72 Å². The zero-order valence-corrected chi connectivity index (χ0v) is 16.3. The highest BCUT2D eigenvalue weighted by atomic mass is 79.9. The topological polar surface area (TPSA) is 102 Å². The van der Waals surface area contributed by atoms with Crippen LogP contribution in [0.5, 0.6) is 0 Å². The molecule has 1 amide bonds. The highest BCUT2D eigenvalue weighted by Gasteiger charge is 2.15. The average molecular weight is 451 g/mol. The van der Waals surface area contributed by atoms with Crippen molar-refractivity contribution < 1.29 is 22.7 Å². The van der Waals surface area contributed by atoms with Gasteiger partial charge in [0.15, 0.2) is 6.61 Å². The van der Waals surface area contributed by atoms with Crippen LogP contribution in [0.4, 0.5) is 5.69 Å². The lowest BCUT2D eigenvalue weighted by Gasteiger charge is -2.08. The van der Waals surface area contributed by atoms with E-state index >= 15 is 0 Å². The first-order valence-electron chi connectivity index (χ1n) is 7.57. The van der Waals surface area contributed by atoms with E-state index in [1.807, 2.05) is 0 Å². The molecule has 9 heteroatoms. The minimum Gasteiger partial charge on any atom is -0.452 e. The van der Waals surface area contributed by atoms with Crippen molar-refractivity contribution in [3.63, 3.8) is 0 Å². The van der Waals surface area contributed by atoms with E-state index in [2.05, 4.69) is 31.9 Å². The van der Waals surface area contributed by atoms with Crippen LogP contribution >= 0.6 is 15.9 Å². The van der Waals surface area contributed by atoms with E-state index in [1.165, 1.54) is 24.3 Å². The lowest BCUT2D eigenvalue weighted by Crippen LogP contribution is -2.24. The predicted octanol–water partition coefficient (Wildman–Crippen LogP) is 2.16. The Bertz CT molecular complexity index is 964. The van der Waals surface area contributed by atoms with Crippen LogP contribution in [0, 0.1) is 12.3 Å². The minimum atomic E-state index is -3.74. The number of anilines is 1. The van der Waals surface area contributed by atoms with Gasteiger partial charge >= 0.3 is 5.97 Å². The molecule has 0 spiro atoms. The number of benzene rings is 2. The van der Waals surface area contributed by atoms with E-state index in [1.54, 1.807) is 24.3 Å². The number of rotatable bonds is 7. The van der Waals surface area contributed by atoms with Crippen molar-refractivity contribution in [2.75, 3.05) is 18.5 Å². The summed E-state index contributed by atoms with van der Waals surface area (Å²) >= 11 is 3.28. The molecule has 0 radical (unpaired) electrons. The molecule has 2 rings (SSSR count). The number of hydrogen-bond acceptors (Lipinski definition) is 5. The van der Waals surface area contributed by atoms with Gasteiger partial charge < -0.3 is 10.1 Å². The Morgan fingerprint density at radius 3 is 2.30 bits per heavy atom. The molecular weight excluding hydrogens is 436 g/mol. The molecular formula is C18H15BrN2O5S. The molecule has 7 nitrogen and oxygen atoms in total. The van der Waals surface area contributed by atoms with Gasteiger partial charge in [0.2, 0.25) is 10.0 Å². The fourth-order valence-corrected chi connectivity index (χ4v) is 3.13. The second-order valence-corrected chi connectivity index (χ2v) is 7.87. The Balaban J connectivity index is 1.91. The molecule has 0 heterocycles. The number of nitrogens with one attached hydrogen (secondary N) is 2. The number of halogens is 1. The van der Waals surface area contributed by atoms with Crippen LogP contribution in [-0.2, 0) is 19.6 Å². The van der Waals surface area contributed by atoms with Gasteiger partial charge in [-0.1, -0.05) is 21.9 Å². The molecule has 0 aliphatic rings. The summed E-state index contributed by atoms with van der Waals surface area (Å²) in [6, 6.07) is 12.0. The first kappa shape index (κ1) is 20.6. The molecule has 0 aromatic heterocycles. The van der Waals surface area contributed by atoms with E-state index in [0.717, 1.165) is 4.47 Å². The standard InChI is InChI=1S/C18H15BrN2O5S/c1-2-11-20-27(24,25)16-9-3-13(4-10-16)18(23)26-12-17(22)21-15-7-5-14(19)6-8-15/h1,3-10,20H,11-12H2,(H,21,22). The number of terminal acetylenes is 1. The summed E-state index contributed by atoms with van der Waals surface area (Å²) in [5.74, 6) is 0.920. The fourth-order valence-electron chi connectivity index (χ4n) is 1.93. The summed E-state index contributed by atoms with van der Waals surface area (Å²) in [7, 11) is -3.74. The summed E-state index contributed by atoms with van der Waals surface area (Å²) in [5, 5.41) is 2.58. The van der Waals surface area contributed by atoms with Gasteiger partial charge in [-0.3, -0.25) is 4.79 Å². The summed E-state index contributed by atoms with van der Waals surface area (Å²) in [6.45, 7) is -0.613. The molecule has 0 saturated heterocycles. The van der Waals surface area contributed by atoms with Crippen LogP contribution in [0.3, 0.4) is 0 Å². The largest absolute Gasteiger partial charge is 0.452 e. The maximum absolute atomic E-state index is 12.0. The van der Waals surface area contributed by atoms with Gasteiger partial charge in [0.1, 0.15) is 0 Å². The van der Waals surface area contributed by atoms with Crippen LogP contribution in [0.1, 0.15) is 10.4 Å². The molecule has 140 valence electrons. The highest BCUT2D eigenvalue weighted by Crippen LogP contribution is 2.14. The third kappa shape index (κ3) is 6.21. The highest BCUT2D eigenvalue weighted by molar-refractivity contribution is 9.10. The predicted molar refractivity (Wildman–Crippen MR) is 104 cm³/mol. The summed E-state index contributed by atoms with van der Waals surface area (Å²) in [5.41, 5.74) is 0.676. The summed E-state index contributed by atoms with van der Waals surface area (Å²) < 4.78 is 31.8. The molecule has 0 bridgehead atoms. The SMILES string of the molecule is C#CCNS(=O)(=O)c1ccc(C(=O)OCC(=O)Nc2ccc(Br)cc2)cc1. The van der Waals surface area contributed by atoms with Gasteiger partial charge in [0, 0.05) is 10.2 Å². The molecule has 27 heavy (non-hydrogen) atoms. The number of carbonyl (C=O) groups is 2. The second-order valence-electron chi connectivity index (χ2n) is 5.18. The molecule has 0 aliphatic heterocycles. The smallest absolute Gasteiger partial charge is 0.338 e.